The third-order valence-corrected chi connectivity index (χ3v) is 6.02. The molecular weight excluding hydrogens is 368 g/mol. The summed E-state index contributed by atoms with van der Waals surface area (Å²) in [6.07, 6.45) is 2.13. The summed E-state index contributed by atoms with van der Waals surface area (Å²) in [4.78, 5) is 38.6. The molecule has 0 unspecified atom stereocenters. The SMILES string of the molecule is COC(=O)CCCC(=O)N1C[C@@H]2C[C@H](C1)c1cc(-c3ccccc3)cc(=O)n1C2. The zero-order valence-corrected chi connectivity index (χ0v) is 16.7. The van der Waals surface area contributed by atoms with E-state index >= 15 is 0 Å². The lowest BCUT2D eigenvalue weighted by Crippen LogP contribution is -2.49. The first kappa shape index (κ1) is 19.4. The van der Waals surface area contributed by atoms with Crippen LogP contribution in [0.15, 0.2) is 47.3 Å². The molecule has 3 heterocycles. The van der Waals surface area contributed by atoms with Crippen LogP contribution in [0.3, 0.4) is 0 Å². The molecule has 0 spiro atoms. The highest BCUT2D eigenvalue weighted by Gasteiger charge is 2.36. The molecule has 2 atom stereocenters. The molecule has 0 radical (unpaired) electrons. The fourth-order valence-electron chi connectivity index (χ4n) is 4.60. The van der Waals surface area contributed by atoms with E-state index in [2.05, 4.69) is 10.8 Å². The third kappa shape index (κ3) is 4.11. The van der Waals surface area contributed by atoms with Crippen molar-refractivity contribution < 1.29 is 14.3 Å². The number of esters is 1. The molecule has 1 aromatic heterocycles. The van der Waals surface area contributed by atoms with Gasteiger partial charge in [-0.15, -0.1) is 0 Å². The van der Waals surface area contributed by atoms with Crippen molar-refractivity contribution in [3.05, 3.63) is 58.5 Å². The summed E-state index contributed by atoms with van der Waals surface area (Å²) in [6, 6.07) is 13.8. The summed E-state index contributed by atoms with van der Waals surface area (Å²) in [5.41, 5.74) is 3.03. The number of benzene rings is 1. The van der Waals surface area contributed by atoms with Gasteiger partial charge in [-0.25, -0.2) is 0 Å². The van der Waals surface area contributed by atoms with Crippen LogP contribution in [0.25, 0.3) is 11.1 Å². The van der Waals surface area contributed by atoms with Gasteiger partial charge in [0.1, 0.15) is 0 Å². The molecule has 1 amide bonds. The van der Waals surface area contributed by atoms with E-state index in [0.29, 0.717) is 38.4 Å². The smallest absolute Gasteiger partial charge is 0.305 e. The second-order valence-electron chi connectivity index (χ2n) is 8.01. The summed E-state index contributed by atoms with van der Waals surface area (Å²) >= 11 is 0. The Morgan fingerprint density at radius 3 is 2.59 bits per heavy atom. The average molecular weight is 394 g/mol. The van der Waals surface area contributed by atoms with Gasteiger partial charge < -0.3 is 14.2 Å². The monoisotopic (exact) mass is 394 g/mol. The maximum absolute atomic E-state index is 12.8. The largest absolute Gasteiger partial charge is 0.469 e. The Labute approximate surface area is 170 Å². The van der Waals surface area contributed by atoms with Crippen molar-refractivity contribution in [2.45, 2.75) is 38.1 Å². The number of piperidine rings is 1. The first-order valence-electron chi connectivity index (χ1n) is 10.2. The number of pyridine rings is 1. The number of ether oxygens (including phenoxy) is 1. The molecule has 152 valence electrons. The highest BCUT2D eigenvalue weighted by molar-refractivity contribution is 5.77. The first-order valence-corrected chi connectivity index (χ1v) is 10.2. The number of aromatic nitrogens is 1. The number of hydrogen-bond donors (Lipinski definition) is 0. The molecule has 2 bridgehead atoms. The molecule has 2 aromatic rings. The molecule has 1 fully saturated rings. The molecule has 2 aliphatic heterocycles. The Hall–Kier alpha value is -2.89. The number of fused-ring (bicyclic) bond motifs is 4. The van der Waals surface area contributed by atoms with E-state index in [4.69, 9.17) is 0 Å². The van der Waals surface area contributed by atoms with E-state index in [1.807, 2.05) is 39.8 Å². The molecular formula is C23H26N2O4. The van der Waals surface area contributed by atoms with Gasteiger partial charge in [-0.05, 0) is 36.0 Å². The second kappa shape index (κ2) is 8.23. The molecule has 0 saturated carbocycles. The summed E-state index contributed by atoms with van der Waals surface area (Å²) in [6.45, 7) is 1.97. The van der Waals surface area contributed by atoms with Crippen molar-refractivity contribution in [2.75, 3.05) is 20.2 Å². The van der Waals surface area contributed by atoms with Crippen LogP contribution in [0.4, 0.5) is 0 Å². The van der Waals surface area contributed by atoms with E-state index in [1.54, 1.807) is 6.07 Å². The fourth-order valence-corrected chi connectivity index (χ4v) is 4.60. The van der Waals surface area contributed by atoms with Gasteiger partial charge in [-0.2, -0.15) is 0 Å². The zero-order valence-electron chi connectivity index (χ0n) is 16.7. The van der Waals surface area contributed by atoms with Crippen LogP contribution < -0.4 is 5.56 Å². The topological polar surface area (TPSA) is 68.6 Å². The number of hydrogen-bond acceptors (Lipinski definition) is 4. The van der Waals surface area contributed by atoms with Crippen LogP contribution in [0, 0.1) is 5.92 Å². The van der Waals surface area contributed by atoms with Crippen LogP contribution in [-0.4, -0.2) is 41.5 Å². The maximum Gasteiger partial charge on any atom is 0.305 e. The Morgan fingerprint density at radius 1 is 1.03 bits per heavy atom. The van der Waals surface area contributed by atoms with Crippen LogP contribution >= 0.6 is 0 Å². The Balaban J connectivity index is 1.52. The average Bonchev–Trinajstić information content (AvgIpc) is 2.74. The molecule has 0 aliphatic carbocycles. The van der Waals surface area contributed by atoms with Crippen molar-refractivity contribution in [3.8, 4) is 11.1 Å². The summed E-state index contributed by atoms with van der Waals surface area (Å²) in [5, 5.41) is 0. The maximum atomic E-state index is 12.8. The highest BCUT2D eigenvalue weighted by Crippen LogP contribution is 2.36. The Morgan fingerprint density at radius 2 is 1.83 bits per heavy atom. The van der Waals surface area contributed by atoms with Crippen molar-refractivity contribution >= 4 is 11.9 Å². The minimum absolute atomic E-state index is 0.0360. The van der Waals surface area contributed by atoms with Crippen LogP contribution in [-0.2, 0) is 20.9 Å². The minimum atomic E-state index is -0.282. The number of methoxy groups -OCH3 is 1. The van der Waals surface area contributed by atoms with E-state index in [-0.39, 0.29) is 29.8 Å². The molecule has 0 N–H and O–H groups in total. The van der Waals surface area contributed by atoms with Gasteiger partial charge in [0, 0.05) is 50.2 Å². The molecule has 1 saturated heterocycles. The normalized spacial score (nSPS) is 20.1. The van der Waals surface area contributed by atoms with E-state index in [0.717, 1.165) is 23.2 Å². The van der Waals surface area contributed by atoms with Gasteiger partial charge in [0.15, 0.2) is 0 Å². The quantitative estimate of drug-likeness (QED) is 0.732. The standard InChI is InChI=1S/C23H26N2O4/c1-29-23(28)9-5-8-21(26)24-13-16-10-19(15-24)20-11-18(12-22(27)25(20)14-16)17-6-3-2-4-7-17/h2-4,6-7,11-12,16,19H,5,8-10,13-15H2,1H3/t16-,19+/m0/s1. The van der Waals surface area contributed by atoms with Gasteiger partial charge >= 0.3 is 5.97 Å². The molecule has 6 heteroatoms. The van der Waals surface area contributed by atoms with E-state index in [1.165, 1.54) is 7.11 Å². The lowest BCUT2D eigenvalue weighted by Gasteiger charge is -2.43. The Bertz CT molecular complexity index is 967. The molecule has 6 nitrogen and oxygen atoms in total. The second-order valence-corrected chi connectivity index (χ2v) is 8.01. The van der Waals surface area contributed by atoms with Gasteiger partial charge in [-0.3, -0.25) is 14.4 Å². The van der Waals surface area contributed by atoms with Gasteiger partial charge in [0.25, 0.3) is 5.56 Å². The molecule has 4 rings (SSSR count). The van der Waals surface area contributed by atoms with Crippen molar-refractivity contribution in [1.29, 1.82) is 0 Å². The van der Waals surface area contributed by atoms with Gasteiger partial charge in [0.2, 0.25) is 5.91 Å². The van der Waals surface area contributed by atoms with Gasteiger partial charge in [-0.1, -0.05) is 30.3 Å². The van der Waals surface area contributed by atoms with Crippen LogP contribution in [0.5, 0.6) is 0 Å². The highest BCUT2D eigenvalue weighted by atomic mass is 16.5. The predicted molar refractivity (Wildman–Crippen MR) is 109 cm³/mol. The van der Waals surface area contributed by atoms with Gasteiger partial charge in [0.05, 0.1) is 7.11 Å². The molecule has 29 heavy (non-hydrogen) atoms. The predicted octanol–water partition coefficient (Wildman–Crippen LogP) is 2.80. The third-order valence-electron chi connectivity index (χ3n) is 6.02. The van der Waals surface area contributed by atoms with Crippen molar-refractivity contribution in [2.24, 2.45) is 5.92 Å². The number of nitrogens with zero attached hydrogens (tertiary/aromatic N) is 2. The molecule has 1 aromatic carbocycles. The number of rotatable bonds is 5. The van der Waals surface area contributed by atoms with Crippen molar-refractivity contribution in [3.63, 3.8) is 0 Å². The summed E-state index contributed by atoms with van der Waals surface area (Å²) in [7, 11) is 1.36. The number of amides is 1. The number of carbonyl (C=O) groups is 2. The Kier molecular flexibility index (Phi) is 5.51. The molecule has 2 aliphatic rings. The zero-order chi connectivity index (χ0) is 20.4. The summed E-state index contributed by atoms with van der Waals surface area (Å²) < 4.78 is 6.53. The lowest BCUT2D eigenvalue weighted by atomic mass is 9.82. The van der Waals surface area contributed by atoms with E-state index in [9.17, 15) is 14.4 Å². The lowest BCUT2D eigenvalue weighted by molar-refractivity contribution is -0.141. The van der Waals surface area contributed by atoms with Crippen LogP contribution in [0.1, 0.15) is 37.3 Å². The first-order chi connectivity index (χ1) is 14.0. The van der Waals surface area contributed by atoms with Crippen LogP contribution in [0.2, 0.25) is 0 Å². The van der Waals surface area contributed by atoms with Crippen molar-refractivity contribution in [1.82, 2.24) is 9.47 Å². The summed E-state index contributed by atoms with van der Waals surface area (Å²) in [5.74, 6) is 0.267. The minimum Gasteiger partial charge on any atom is -0.469 e. The fraction of sp³-hybridized carbons (Fsp3) is 0.435. The van der Waals surface area contributed by atoms with E-state index < -0.39 is 0 Å². The number of likely N-dealkylation sites (tertiary alicyclic amines) is 1. The number of carbonyl (C=O) groups excluding carboxylic acids is 2.